The second kappa shape index (κ2) is 7.23. The zero-order valence-electron chi connectivity index (χ0n) is 13.2. The van der Waals surface area contributed by atoms with Crippen molar-refractivity contribution in [3.63, 3.8) is 0 Å². The lowest BCUT2D eigenvalue weighted by Gasteiger charge is -2.30. The quantitative estimate of drug-likeness (QED) is 0.852. The number of rotatable bonds is 4. The van der Waals surface area contributed by atoms with Crippen LogP contribution in [0.2, 0.25) is 0 Å². The van der Waals surface area contributed by atoms with Gasteiger partial charge in [-0.2, -0.15) is 5.10 Å². The highest BCUT2D eigenvalue weighted by Crippen LogP contribution is 2.02. The van der Waals surface area contributed by atoms with Gasteiger partial charge in [-0.15, -0.1) is 0 Å². The van der Waals surface area contributed by atoms with Crippen molar-refractivity contribution in [2.24, 2.45) is 5.10 Å². The molecule has 1 aliphatic heterocycles. The summed E-state index contributed by atoms with van der Waals surface area (Å²) in [4.78, 5) is 1.65. The van der Waals surface area contributed by atoms with Crippen LogP contribution in [-0.2, 0) is 6.54 Å². The molecule has 1 heterocycles. The molecule has 0 bridgehead atoms. The molecular formula is C19H24N3+. The molecule has 2 aromatic rings. The van der Waals surface area contributed by atoms with Crippen LogP contribution in [0.3, 0.4) is 0 Å². The van der Waals surface area contributed by atoms with E-state index in [1.54, 1.807) is 4.90 Å². The van der Waals surface area contributed by atoms with Gasteiger partial charge in [0.1, 0.15) is 6.54 Å². The normalized spacial score (nSPS) is 16.3. The van der Waals surface area contributed by atoms with Gasteiger partial charge in [0, 0.05) is 5.56 Å². The molecule has 1 N–H and O–H groups in total. The van der Waals surface area contributed by atoms with Crippen LogP contribution in [0.4, 0.5) is 0 Å². The largest absolute Gasteiger partial charge is 0.328 e. The first-order chi connectivity index (χ1) is 10.8. The molecule has 1 saturated heterocycles. The number of hydrogen-bond acceptors (Lipinski definition) is 2. The van der Waals surface area contributed by atoms with E-state index in [2.05, 4.69) is 53.4 Å². The van der Waals surface area contributed by atoms with Gasteiger partial charge < -0.3 is 4.90 Å². The Labute approximate surface area is 132 Å². The Bertz CT molecular complexity index is 596. The molecule has 2 aromatic carbocycles. The summed E-state index contributed by atoms with van der Waals surface area (Å²) in [5.74, 6) is 0. The summed E-state index contributed by atoms with van der Waals surface area (Å²) >= 11 is 0. The first kappa shape index (κ1) is 14.8. The number of benzene rings is 2. The summed E-state index contributed by atoms with van der Waals surface area (Å²) in [7, 11) is 0. The Morgan fingerprint density at radius 2 is 1.68 bits per heavy atom. The van der Waals surface area contributed by atoms with Gasteiger partial charge in [-0.25, -0.2) is 0 Å². The van der Waals surface area contributed by atoms with Gasteiger partial charge in [0.15, 0.2) is 0 Å². The van der Waals surface area contributed by atoms with Crippen LogP contribution in [0.5, 0.6) is 0 Å². The summed E-state index contributed by atoms with van der Waals surface area (Å²) in [6.07, 6.45) is 1.96. The molecule has 0 aromatic heterocycles. The van der Waals surface area contributed by atoms with E-state index in [4.69, 9.17) is 0 Å². The Morgan fingerprint density at radius 1 is 1.00 bits per heavy atom. The molecular weight excluding hydrogens is 270 g/mol. The van der Waals surface area contributed by atoms with Crippen LogP contribution in [0, 0.1) is 6.92 Å². The molecule has 0 spiro atoms. The fraction of sp³-hybridized carbons (Fsp3) is 0.316. The summed E-state index contributed by atoms with van der Waals surface area (Å²) in [5.41, 5.74) is 3.93. The van der Waals surface area contributed by atoms with Crippen LogP contribution in [0.25, 0.3) is 0 Å². The molecule has 3 nitrogen and oxygen atoms in total. The van der Waals surface area contributed by atoms with E-state index >= 15 is 0 Å². The maximum atomic E-state index is 4.60. The zero-order chi connectivity index (χ0) is 15.2. The van der Waals surface area contributed by atoms with Crippen molar-refractivity contribution in [2.75, 3.05) is 26.2 Å². The van der Waals surface area contributed by atoms with Crippen LogP contribution in [0.15, 0.2) is 59.7 Å². The lowest BCUT2D eigenvalue weighted by atomic mass is 10.1. The van der Waals surface area contributed by atoms with E-state index in [0.717, 1.165) is 38.3 Å². The van der Waals surface area contributed by atoms with Crippen molar-refractivity contribution in [2.45, 2.75) is 13.5 Å². The first-order valence-electron chi connectivity index (χ1n) is 8.03. The number of piperazine rings is 1. The number of nitrogens with zero attached hydrogens (tertiary/aromatic N) is 2. The third kappa shape index (κ3) is 4.18. The predicted molar refractivity (Wildman–Crippen MR) is 91.2 cm³/mol. The highest BCUT2D eigenvalue weighted by Gasteiger charge is 2.18. The second-order valence-corrected chi connectivity index (χ2v) is 6.02. The van der Waals surface area contributed by atoms with Crippen LogP contribution < -0.4 is 4.90 Å². The molecule has 0 aliphatic carbocycles. The number of quaternary nitrogens is 1. The third-order valence-electron chi connectivity index (χ3n) is 4.19. The van der Waals surface area contributed by atoms with E-state index in [1.807, 2.05) is 24.4 Å². The Balaban J connectivity index is 1.48. The minimum Gasteiger partial charge on any atom is -0.328 e. The predicted octanol–water partition coefficient (Wildman–Crippen LogP) is 1.73. The highest BCUT2D eigenvalue weighted by molar-refractivity contribution is 5.79. The first-order valence-corrected chi connectivity index (χ1v) is 8.03. The molecule has 22 heavy (non-hydrogen) atoms. The third-order valence-corrected chi connectivity index (χ3v) is 4.19. The summed E-state index contributed by atoms with van der Waals surface area (Å²) < 4.78 is 0. The summed E-state index contributed by atoms with van der Waals surface area (Å²) in [5, 5.41) is 6.79. The molecule has 0 atom stereocenters. The number of nitrogens with one attached hydrogen (secondary N) is 1. The number of hydrogen-bond donors (Lipinski definition) is 1. The second-order valence-electron chi connectivity index (χ2n) is 6.02. The van der Waals surface area contributed by atoms with Crippen LogP contribution in [0.1, 0.15) is 16.7 Å². The van der Waals surface area contributed by atoms with Gasteiger partial charge in [0.05, 0.1) is 32.4 Å². The summed E-state index contributed by atoms with van der Waals surface area (Å²) in [6, 6.07) is 19.2. The minimum absolute atomic E-state index is 1.03. The number of aryl methyl sites for hydroxylation is 1. The molecule has 1 fully saturated rings. The van der Waals surface area contributed by atoms with Crippen molar-refractivity contribution in [3.05, 3.63) is 71.3 Å². The molecule has 0 radical (unpaired) electrons. The standard InChI is InChI=1S/C19H23N3/c1-17-7-9-19(10-8-17)16-21-11-13-22(14-12-21)20-15-18-5-3-2-4-6-18/h2-10,15H,11-14,16H2,1H3/p+1. The molecule has 0 amide bonds. The van der Waals surface area contributed by atoms with E-state index in [0.29, 0.717) is 0 Å². The average molecular weight is 294 g/mol. The monoisotopic (exact) mass is 294 g/mol. The number of hydrazone groups is 1. The molecule has 0 saturated carbocycles. The lowest BCUT2D eigenvalue weighted by Crippen LogP contribution is -3.13. The van der Waals surface area contributed by atoms with E-state index in [1.165, 1.54) is 11.1 Å². The van der Waals surface area contributed by atoms with Gasteiger partial charge in [0.25, 0.3) is 0 Å². The van der Waals surface area contributed by atoms with Crippen LogP contribution >= 0.6 is 0 Å². The molecule has 0 unspecified atom stereocenters. The van der Waals surface area contributed by atoms with Gasteiger partial charge in [-0.3, -0.25) is 5.01 Å². The molecule has 3 rings (SSSR count). The maximum Gasteiger partial charge on any atom is 0.103 e. The zero-order valence-corrected chi connectivity index (χ0v) is 13.2. The fourth-order valence-electron chi connectivity index (χ4n) is 2.79. The average Bonchev–Trinajstić information content (AvgIpc) is 2.57. The SMILES string of the molecule is Cc1ccc(C[NH+]2CCN(N=Cc3ccccc3)CC2)cc1. The topological polar surface area (TPSA) is 20.0 Å². The molecule has 1 aliphatic rings. The Kier molecular flexibility index (Phi) is 4.86. The summed E-state index contributed by atoms with van der Waals surface area (Å²) in [6.45, 7) is 7.63. The minimum atomic E-state index is 1.03. The van der Waals surface area contributed by atoms with E-state index in [9.17, 15) is 0 Å². The lowest BCUT2D eigenvalue weighted by molar-refractivity contribution is -0.918. The van der Waals surface area contributed by atoms with E-state index < -0.39 is 0 Å². The van der Waals surface area contributed by atoms with Crippen molar-refractivity contribution in [1.29, 1.82) is 0 Å². The van der Waals surface area contributed by atoms with Gasteiger partial charge in [0.2, 0.25) is 0 Å². The Morgan fingerprint density at radius 3 is 2.36 bits per heavy atom. The molecule has 114 valence electrons. The van der Waals surface area contributed by atoms with Crippen molar-refractivity contribution >= 4 is 6.21 Å². The van der Waals surface area contributed by atoms with Gasteiger partial charge in [-0.1, -0.05) is 60.2 Å². The van der Waals surface area contributed by atoms with Gasteiger partial charge >= 0.3 is 0 Å². The maximum absolute atomic E-state index is 4.60. The fourth-order valence-corrected chi connectivity index (χ4v) is 2.79. The van der Waals surface area contributed by atoms with Gasteiger partial charge in [-0.05, 0) is 12.5 Å². The smallest absolute Gasteiger partial charge is 0.103 e. The van der Waals surface area contributed by atoms with E-state index in [-0.39, 0.29) is 0 Å². The van der Waals surface area contributed by atoms with Crippen LogP contribution in [-0.4, -0.2) is 37.4 Å². The van der Waals surface area contributed by atoms with Crippen molar-refractivity contribution in [3.8, 4) is 0 Å². The Hall–Kier alpha value is -2.13. The molecule has 3 heteroatoms. The van der Waals surface area contributed by atoms with Crippen molar-refractivity contribution < 1.29 is 4.90 Å². The van der Waals surface area contributed by atoms with Crippen molar-refractivity contribution in [1.82, 2.24) is 5.01 Å². The highest BCUT2D eigenvalue weighted by atomic mass is 15.5.